The lowest BCUT2D eigenvalue weighted by molar-refractivity contribution is 0.140. The summed E-state index contributed by atoms with van der Waals surface area (Å²) in [5.74, 6) is 0.248. The van der Waals surface area contributed by atoms with Gasteiger partial charge >= 0.3 is 0 Å². The summed E-state index contributed by atoms with van der Waals surface area (Å²) in [6, 6.07) is 8.14. The third kappa shape index (κ3) is 3.49. The first-order valence-corrected chi connectivity index (χ1v) is 7.44. The van der Waals surface area contributed by atoms with E-state index in [0.29, 0.717) is 6.54 Å². The molecule has 2 atom stereocenters. The van der Waals surface area contributed by atoms with E-state index in [4.69, 9.17) is 0 Å². The number of nitrogens with one attached hydrogen (secondary N) is 1. The second-order valence-electron chi connectivity index (χ2n) is 6.04. The number of pyridine rings is 1. The molecule has 0 aliphatic carbocycles. The maximum atomic E-state index is 10.3. The van der Waals surface area contributed by atoms with Crippen LogP contribution in [0.5, 0.6) is 0 Å². The van der Waals surface area contributed by atoms with Crippen molar-refractivity contribution in [3.63, 3.8) is 0 Å². The summed E-state index contributed by atoms with van der Waals surface area (Å²) >= 11 is 0. The zero-order valence-corrected chi connectivity index (χ0v) is 12.6. The minimum Gasteiger partial charge on any atom is -0.391 e. The Morgan fingerprint density at radius 3 is 2.86 bits per heavy atom. The summed E-state index contributed by atoms with van der Waals surface area (Å²) in [7, 11) is 0. The van der Waals surface area contributed by atoms with E-state index in [-0.39, 0.29) is 12.0 Å². The van der Waals surface area contributed by atoms with Crippen molar-refractivity contribution >= 4 is 0 Å². The van der Waals surface area contributed by atoms with Gasteiger partial charge in [-0.05, 0) is 38.5 Å². The maximum absolute atomic E-state index is 10.3. The first kappa shape index (κ1) is 14.2. The van der Waals surface area contributed by atoms with Crippen molar-refractivity contribution in [2.24, 2.45) is 5.92 Å². The van der Waals surface area contributed by atoms with Crippen molar-refractivity contribution in [3.8, 4) is 0 Å². The third-order valence-corrected chi connectivity index (χ3v) is 4.04. The Bertz CT molecular complexity index is 610. The fraction of sp³-hybridized carbons (Fsp3) is 0.500. The van der Waals surface area contributed by atoms with E-state index >= 15 is 0 Å². The molecule has 0 amide bonds. The largest absolute Gasteiger partial charge is 0.391 e. The number of β-amino-alcohol motifs (C(OH)–C–C–N with tert-alkyl or cyclic N) is 1. The minimum absolute atomic E-state index is 0.248. The Labute approximate surface area is 125 Å². The second-order valence-corrected chi connectivity index (χ2v) is 6.04. The Morgan fingerprint density at radius 2 is 2.14 bits per heavy atom. The topological polar surface area (TPSA) is 65.0 Å². The van der Waals surface area contributed by atoms with Crippen LogP contribution in [0.2, 0.25) is 0 Å². The van der Waals surface area contributed by atoms with Crippen LogP contribution in [0, 0.1) is 19.8 Å². The van der Waals surface area contributed by atoms with Gasteiger partial charge in [0.1, 0.15) is 0 Å². The predicted octanol–water partition coefficient (Wildman–Crippen LogP) is 1.46. The van der Waals surface area contributed by atoms with Crippen molar-refractivity contribution in [3.05, 3.63) is 47.0 Å². The molecular formula is C16H22N4O. The molecule has 0 saturated carbocycles. The molecule has 2 aromatic rings. The summed E-state index contributed by atoms with van der Waals surface area (Å²) in [5.41, 5.74) is 4.21. The Hall–Kier alpha value is -1.72. The summed E-state index contributed by atoms with van der Waals surface area (Å²) in [5, 5.41) is 17.5. The van der Waals surface area contributed by atoms with Crippen LogP contribution in [-0.4, -0.2) is 44.4 Å². The van der Waals surface area contributed by atoms with Gasteiger partial charge in [-0.2, -0.15) is 5.10 Å². The molecule has 0 aromatic carbocycles. The first-order chi connectivity index (χ1) is 10.1. The summed E-state index contributed by atoms with van der Waals surface area (Å²) in [4.78, 5) is 6.81. The SMILES string of the molecule is Cc1cccc(CN2C[C@@H](Cc3cc(C)[nH]n3)[C@@H](O)C2)n1. The van der Waals surface area contributed by atoms with Gasteiger partial charge in [0.25, 0.3) is 0 Å². The van der Waals surface area contributed by atoms with E-state index in [1.807, 2.05) is 32.0 Å². The van der Waals surface area contributed by atoms with Crippen LogP contribution in [-0.2, 0) is 13.0 Å². The van der Waals surface area contributed by atoms with E-state index in [1.165, 1.54) is 0 Å². The zero-order chi connectivity index (χ0) is 14.8. The molecule has 1 aliphatic rings. The number of aryl methyl sites for hydroxylation is 2. The van der Waals surface area contributed by atoms with Gasteiger partial charge in [0.2, 0.25) is 0 Å². The molecule has 1 fully saturated rings. The van der Waals surface area contributed by atoms with Gasteiger partial charge in [-0.25, -0.2) is 0 Å². The van der Waals surface area contributed by atoms with Gasteiger partial charge in [-0.1, -0.05) is 6.07 Å². The van der Waals surface area contributed by atoms with E-state index in [1.54, 1.807) is 0 Å². The van der Waals surface area contributed by atoms with Gasteiger partial charge in [0.05, 0.1) is 17.5 Å². The summed E-state index contributed by atoms with van der Waals surface area (Å²) < 4.78 is 0. The van der Waals surface area contributed by atoms with E-state index in [9.17, 15) is 5.11 Å². The zero-order valence-electron chi connectivity index (χ0n) is 12.6. The first-order valence-electron chi connectivity index (χ1n) is 7.44. The molecule has 0 radical (unpaired) electrons. The number of hydrogen-bond donors (Lipinski definition) is 2. The fourth-order valence-corrected chi connectivity index (χ4v) is 3.04. The van der Waals surface area contributed by atoms with Crippen molar-refractivity contribution in [1.82, 2.24) is 20.1 Å². The van der Waals surface area contributed by atoms with E-state index < -0.39 is 0 Å². The average molecular weight is 286 g/mol. The molecule has 1 aliphatic heterocycles. The molecule has 3 heterocycles. The van der Waals surface area contributed by atoms with Crippen LogP contribution in [0.1, 0.15) is 22.8 Å². The monoisotopic (exact) mass is 286 g/mol. The lowest BCUT2D eigenvalue weighted by Crippen LogP contribution is -2.22. The molecule has 2 aromatic heterocycles. The summed E-state index contributed by atoms with van der Waals surface area (Å²) in [6.07, 6.45) is 0.537. The van der Waals surface area contributed by atoms with Gasteiger partial charge in [-0.3, -0.25) is 15.0 Å². The van der Waals surface area contributed by atoms with Gasteiger partial charge in [0.15, 0.2) is 0 Å². The van der Waals surface area contributed by atoms with Gasteiger partial charge in [0, 0.05) is 36.9 Å². The molecule has 5 heteroatoms. The highest BCUT2D eigenvalue weighted by Crippen LogP contribution is 2.22. The number of aromatic amines is 1. The van der Waals surface area contributed by atoms with Crippen LogP contribution < -0.4 is 0 Å². The number of aliphatic hydroxyl groups is 1. The molecule has 5 nitrogen and oxygen atoms in total. The van der Waals surface area contributed by atoms with E-state index in [2.05, 4.69) is 26.1 Å². The summed E-state index contributed by atoms with van der Waals surface area (Å²) in [6.45, 7) is 6.41. The van der Waals surface area contributed by atoms with Gasteiger partial charge in [-0.15, -0.1) is 0 Å². The van der Waals surface area contributed by atoms with Crippen LogP contribution >= 0.6 is 0 Å². The molecule has 21 heavy (non-hydrogen) atoms. The highest BCUT2D eigenvalue weighted by atomic mass is 16.3. The quantitative estimate of drug-likeness (QED) is 0.893. The smallest absolute Gasteiger partial charge is 0.0711 e. The number of H-pyrrole nitrogens is 1. The molecule has 3 rings (SSSR count). The fourth-order valence-electron chi connectivity index (χ4n) is 3.04. The second kappa shape index (κ2) is 5.95. The molecule has 0 bridgehead atoms. The number of aromatic nitrogens is 3. The molecule has 1 saturated heterocycles. The van der Waals surface area contributed by atoms with E-state index in [0.717, 1.165) is 42.3 Å². The number of rotatable bonds is 4. The van der Waals surface area contributed by atoms with Crippen molar-refractivity contribution in [2.75, 3.05) is 13.1 Å². The van der Waals surface area contributed by atoms with Crippen LogP contribution in [0.4, 0.5) is 0 Å². The average Bonchev–Trinajstić information content (AvgIpc) is 2.97. The Balaban J connectivity index is 1.60. The highest BCUT2D eigenvalue weighted by Gasteiger charge is 2.31. The predicted molar refractivity (Wildman–Crippen MR) is 80.8 cm³/mol. The number of aliphatic hydroxyl groups excluding tert-OH is 1. The Morgan fingerprint density at radius 1 is 1.29 bits per heavy atom. The number of nitrogens with zero attached hydrogens (tertiary/aromatic N) is 3. The highest BCUT2D eigenvalue weighted by molar-refractivity contribution is 5.11. The van der Waals surface area contributed by atoms with Crippen LogP contribution in [0.3, 0.4) is 0 Å². The van der Waals surface area contributed by atoms with Crippen molar-refractivity contribution in [1.29, 1.82) is 0 Å². The molecule has 112 valence electrons. The molecule has 0 spiro atoms. The minimum atomic E-state index is -0.285. The third-order valence-electron chi connectivity index (χ3n) is 4.04. The number of likely N-dealkylation sites (tertiary alicyclic amines) is 1. The normalized spacial score (nSPS) is 22.8. The maximum Gasteiger partial charge on any atom is 0.0711 e. The van der Waals surface area contributed by atoms with Crippen molar-refractivity contribution in [2.45, 2.75) is 32.9 Å². The lowest BCUT2D eigenvalue weighted by atomic mass is 10.0. The standard InChI is InChI=1S/C16H22N4O/c1-11-4-3-5-14(17-11)9-20-8-13(16(21)10-20)7-15-6-12(2)18-19-15/h3-6,13,16,21H,7-10H2,1-2H3,(H,18,19)/t13-,16+/m1/s1. The molecule has 2 N–H and O–H groups in total. The molecular weight excluding hydrogens is 264 g/mol. The van der Waals surface area contributed by atoms with Crippen LogP contribution in [0.15, 0.2) is 24.3 Å². The molecule has 0 unspecified atom stereocenters. The van der Waals surface area contributed by atoms with Crippen LogP contribution in [0.25, 0.3) is 0 Å². The van der Waals surface area contributed by atoms with Gasteiger partial charge < -0.3 is 5.11 Å². The van der Waals surface area contributed by atoms with Crippen molar-refractivity contribution < 1.29 is 5.11 Å². The lowest BCUT2D eigenvalue weighted by Gasteiger charge is -2.15. The Kier molecular flexibility index (Phi) is 4.03. The number of hydrogen-bond acceptors (Lipinski definition) is 4.